The van der Waals surface area contributed by atoms with E-state index < -0.39 is 0 Å². The summed E-state index contributed by atoms with van der Waals surface area (Å²) in [7, 11) is 0. The summed E-state index contributed by atoms with van der Waals surface area (Å²) in [5, 5.41) is 0. The van der Waals surface area contributed by atoms with Gasteiger partial charge in [-0.25, -0.2) is 0 Å². The molecule has 0 aromatic rings. The predicted octanol–water partition coefficient (Wildman–Crippen LogP) is 1.09. The molecule has 80 valence electrons. The Morgan fingerprint density at radius 2 is 1.50 bits per heavy atom. The largest absolute Gasteiger partial charge is 0.341 e. The van der Waals surface area contributed by atoms with Crippen molar-refractivity contribution in [3.8, 4) is 0 Å². The molecule has 1 amide bonds. The van der Waals surface area contributed by atoms with Crippen molar-refractivity contribution < 1.29 is 4.79 Å². The zero-order valence-corrected chi connectivity index (χ0v) is 9.04. The topological polar surface area (TPSA) is 23.6 Å². The third kappa shape index (κ3) is 1.92. The Bertz CT molecular complexity index is 205. The third-order valence-corrected chi connectivity index (χ3v) is 3.46. The van der Waals surface area contributed by atoms with E-state index in [1.54, 1.807) is 0 Å². The molecule has 0 spiro atoms. The molecule has 14 heavy (non-hydrogen) atoms. The minimum Gasteiger partial charge on any atom is -0.341 e. The number of carbonyl (C=O) groups excluding carboxylic acids is 1. The summed E-state index contributed by atoms with van der Waals surface area (Å²) in [6.45, 7) is 6.25. The first-order valence-electron chi connectivity index (χ1n) is 5.82. The quantitative estimate of drug-likeness (QED) is 0.660. The maximum absolute atomic E-state index is 12.0. The van der Waals surface area contributed by atoms with E-state index in [1.165, 1.54) is 25.7 Å². The van der Waals surface area contributed by atoms with Crippen LogP contribution in [0.15, 0.2) is 0 Å². The van der Waals surface area contributed by atoms with Gasteiger partial charge in [-0.05, 0) is 45.7 Å². The molecule has 2 aliphatic heterocycles. The van der Waals surface area contributed by atoms with Gasteiger partial charge in [-0.15, -0.1) is 0 Å². The highest BCUT2D eigenvalue weighted by molar-refractivity contribution is 5.81. The Kier molecular flexibility index (Phi) is 3.06. The maximum atomic E-state index is 12.0. The zero-order chi connectivity index (χ0) is 9.97. The lowest BCUT2D eigenvalue weighted by Gasteiger charge is -2.27. The SMILES string of the molecule is CC(C(=O)N1CCCC1)N1CCCC1. The summed E-state index contributed by atoms with van der Waals surface area (Å²) in [5.74, 6) is 0.351. The molecule has 0 N–H and O–H groups in total. The van der Waals surface area contributed by atoms with Gasteiger partial charge in [0.25, 0.3) is 0 Å². The van der Waals surface area contributed by atoms with Gasteiger partial charge in [0.2, 0.25) is 5.91 Å². The van der Waals surface area contributed by atoms with Crippen LogP contribution in [0, 0.1) is 0 Å². The van der Waals surface area contributed by atoms with Crippen LogP contribution in [0.1, 0.15) is 32.6 Å². The Morgan fingerprint density at radius 1 is 1.00 bits per heavy atom. The van der Waals surface area contributed by atoms with Crippen molar-refractivity contribution in [2.75, 3.05) is 26.2 Å². The van der Waals surface area contributed by atoms with Crippen LogP contribution in [0.25, 0.3) is 0 Å². The summed E-state index contributed by atoms with van der Waals surface area (Å²) in [4.78, 5) is 16.4. The molecule has 3 nitrogen and oxygen atoms in total. The molecule has 0 bridgehead atoms. The molecule has 0 aromatic heterocycles. The number of likely N-dealkylation sites (tertiary alicyclic amines) is 2. The van der Waals surface area contributed by atoms with Gasteiger partial charge < -0.3 is 4.90 Å². The van der Waals surface area contributed by atoms with Gasteiger partial charge in [-0.2, -0.15) is 0 Å². The summed E-state index contributed by atoms with van der Waals surface area (Å²) in [5.41, 5.74) is 0. The molecule has 2 saturated heterocycles. The van der Waals surface area contributed by atoms with Crippen molar-refractivity contribution in [2.45, 2.75) is 38.6 Å². The van der Waals surface area contributed by atoms with E-state index in [1.807, 2.05) is 4.90 Å². The lowest BCUT2D eigenvalue weighted by atomic mass is 10.2. The van der Waals surface area contributed by atoms with Crippen LogP contribution in [0.2, 0.25) is 0 Å². The molecular formula is C11H20N2O. The second-order valence-corrected chi connectivity index (χ2v) is 4.45. The number of rotatable bonds is 2. The fourth-order valence-corrected chi connectivity index (χ4v) is 2.49. The Balaban J connectivity index is 1.89. The smallest absolute Gasteiger partial charge is 0.239 e. The van der Waals surface area contributed by atoms with Crippen molar-refractivity contribution in [1.82, 2.24) is 9.80 Å². The van der Waals surface area contributed by atoms with Crippen LogP contribution in [0.3, 0.4) is 0 Å². The van der Waals surface area contributed by atoms with Crippen LogP contribution in [0.4, 0.5) is 0 Å². The van der Waals surface area contributed by atoms with Crippen molar-refractivity contribution in [1.29, 1.82) is 0 Å². The monoisotopic (exact) mass is 196 g/mol. The average Bonchev–Trinajstić information content (AvgIpc) is 2.87. The lowest BCUT2D eigenvalue weighted by Crippen LogP contribution is -2.45. The van der Waals surface area contributed by atoms with Gasteiger partial charge in [0.1, 0.15) is 0 Å². The molecule has 1 atom stereocenters. The molecule has 1 unspecified atom stereocenters. The van der Waals surface area contributed by atoms with E-state index in [-0.39, 0.29) is 6.04 Å². The van der Waals surface area contributed by atoms with E-state index in [0.29, 0.717) is 5.91 Å². The zero-order valence-electron chi connectivity index (χ0n) is 9.04. The number of carbonyl (C=O) groups is 1. The van der Waals surface area contributed by atoms with Crippen LogP contribution in [-0.2, 0) is 4.79 Å². The predicted molar refractivity (Wildman–Crippen MR) is 56.1 cm³/mol. The molecule has 2 fully saturated rings. The molecule has 0 radical (unpaired) electrons. The van der Waals surface area contributed by atoms with Crippen LogP contribution >= 0.6 is 0 Å². The van der Waals surface area contributed by atoms with Gasteiger partial charge in [-0.3, -0.25) is 9.69 Å². The molecule has 0 aliphatic carbocycles. The number of hydrogen-bond donors (Lipinski definition) is 0. The van der Waals surface area contributed by atoms with Crippen molar-refractivity contribution in [2.24, 2.45) is 0 Å². The van der Waals surface area contributed by atoms with Gasteiger partial charge in [0.05, 0.1) is 6.04 Å². The third-order valence-electron chi connectivity index (χ3n) is 3.46. The molecule has 3 heteroatoms. The second kappa shape index (κ2) is 4.30. The Labute approximate surface area is 86.1 Å². The highest BCUT2D eigenvalue weighted by Crippen LogP contribution is 2.16. The van der Waals surface area contributed by atoms with Crippen LogP contribution in [0.5, 0.6) is 0 Å². The Morgan fingerprint density at radius 3 is 2.07 bits per heavy atom. The van der Waals surface area contributed by atoms with E-state index >= 15 is 0 Å². The van der Waals surface area contributed by atoms with Gasteiger partial charge >= 0.3 is 0 Å². The lowest BCUT2D eigenvalue weighted by molar-refractivity contribution is -0.134. The van der Waals surface area contributed by atoms with E-state index in [4.69, 9.17) is 0 Å². The fraction of sp³-hybridized carbons (Fsp3) is 0.909. The summed E-state index contributed by atoms with van der Waals surface area (Å²) in [6, 6.07) is 0.121. The van der Waals surface area contributed by atoms with Gasteiger partial charge in [0, 0.05) is 13.1 Å². The van der Waals surface area contributed by atoms with Crippen molar-refractivity contribution in [3.63, 3.8) is 0 Å². The van der Waals surface area contributed by atoms with Gasteiger partial charge in [-0.1, -0.05) is 0 Å². The van der Waals surface area contributed by atoms with Crippen LogP contribution < -0.4 is 0 Å². The standard InChI is InChI=1S/C11H20N2O/c1-10(12-6-2-3-7-12)11(14)13-8-4-5-9-13/h10H,2-9H2,1H3. The van der Waals surface area contributed by atoms with E-state index in [9.17, 15) is 4.79 Å². The molecule has 2 aliphatic rings. The number of hydrogen-bond acceptors (Lipinski definition) is 2. The van der Waals surface area contributed by atoms with E-state index in [2.05, 4.69) is 11.8 Å². The highest BCUT2D eigenvalue weighted by Gasteiger charge is 2.28. The first-order valence-corrected chi connectivity index (χ1v) is 5.82. The molecule has 0 saturated carbocycles. The summed E-state index contributed by atoms with van der Waals surface area (Å²) >= 11 is 0. The number of amides is 1. The van der Waals surface area contributed by atoms with E-state index in [0.717, 1.165) is 26.2 Å². The second-order valence-electron chi connectivity index (χ2n) is 4.45. The molecule has 2 heterocycles. The van der Waals surface area contributed by atoms with Crippen molar-refractivity contribution in [3.05, 3.63) is 0 Å². The summed E-state index contributed by atoms with van der Waals surface area (Å²) in [6.07, 6.45) is 4.91. The minimum absolute atomic E-state index is 0.121. The Hall–Kier alpha value is -0.570. The summed E-state index contributed by atoms with van der Waals surface area (Å²) < 4.78 is 0. The first-order chi connectivity index (χ1) is 6.79. The molecular weight excluding hydrogens is 176 g/mol. The fourth-order valence-electron chi connectivity index (χ4n) is 2.49. The minimum atomic E-state index is 0.121. The maximum Gasteiger partial charge on any atom is 0.239 e. The highest BCUT2D eigenvalue weighted by atomic mass is 16.2. The van der Waals surface area contributed by atoms with Crippen molar-refractivity contribution >= 4 is 5.91 Å². The average molecular weight is 196 g/mol. The number of nitrogens with zero attached hydrogens (tertiary/aromatic N) is 2. The van der Waals surface area contributed by atoms with Gasteiger partial charge in [0.15, 0.2) is 0 Å². The molecule has 0 aromatic carbocycles. The first kappa shape index (κ1) is 9.97. The normalized spacial score (nSPS) is 25.6. The van der Waals surface area contributed by atoms with Crippen LogP contribution in [-0.4, -0.2) is 47.9 Å². The molecule has 2 rings (SSSR count).